The maximum atomic E-state index is 5.03. The van der Waals surface area contributed by atoms with Gasteiger partial charge in [0, 0.05) is 18.7 Å². The van der Waals surface area contributed by atoms with Crippen LogP contribution in [0.1, 0.15) is 44.1 Å². The van der Waals surface area contributed by atoms with Crippen molar-refractivity contribution in [3.63, 3.8) is 0 Å². The lowest BCUT2D eigenvalue weighted by Gasteiger charge is -2.10. The molecule has 0 radical (unpaired) electrons. The van der Waals surface area contributed by atoms with Crippen molar-refractivity contribution in [2.45, 2.75) is 52.1 Å². The third-order valence-electron chi connectivity index (χ3n) is 3.37. The number of nitrogens with one attached hydrogen (secondary N) is 1. The Balaban J connectivity index is 1.75. The van der Waals surface area contributed by atoms with Crippen LogP contribution in [0, 0.1) is 12.8 Å². The molecule has 1 aromatic heterocycles. The monoisotopic (exact) mass is 208 g/mol. The summed E-state index contributed by atoms with van der Waals surface area (Å²) in [6, 6.07) is 2.69. The Morgan fingerprint density at radius 3 is 3.00 bits per heavy atom. The molecule has 1 saturated carbocycles. The molecule has 3 nitrogen and oxygen atoms in total. The highest BCUT2D eigenvalue weighted by Crippen LogP contribution is 2.27. The minimum absolute atomic E-state index is 0.687. The van der Waals surface area contributed by atoms with E-state index >= 15 is 0 Å². The molecule has 1 N–H and O–H groups in total. The average molecular weight is 208 g/mol. The first-order valence-corrected chi connectivity index (χ1v) is 5.93. The van der Waals surface area contributed by atoms with Crippen LogP contribution in [-0.2, 0) is 6.54 Å². The number of hydrogen-bond donors (Lipinski definition) is 1. The fraction of sp³-hybridized carbons (Fsp3) is 0.750. The molecular weight excluding hydrogens is 188 g/mol. The van der Waals surface area contributed by atoms with E-state index in [2.05, 4.69) is 17.4 Å². The van der Waals surface area contributed by atoms with Gasteiger partial charge < -0.3 is 9.84 Å². The van der Waals surface area contributed by atoms with E-state index in [1.54, 1.807) is 0 Å². The molecule has 0 spiro atoms. The molecule has 0 aromatic carbocycles. The second-order valence-corrected chi connectivity index (χ2v) is 4.59. The van der Waals surface area contributed by atoms with E-state index in [0.717, 1.165) is 23.9 Å². The van der Waals surface area contributed by atoms with E-state index in [0.29, 0.717) is 6.04 Å². The summed E-state index contributed by atoms with van der Waals surface area (Å²) >= 11 is 0. The summed E-state index contributed by atoms with van der Waals surface area (Å²) in [7, 11) is 0. The fourth-order valence-corrected chi connectivity index (χ4v) is 2.38. The molecule has 1 aliphatic carbocycles. The molecule has 15 heavy (non-hydrogen) atoms. The summed E-state index contributed by atoms with van der Waals surface area (Å²) in [6.45, 7) is 5.06. The van der Waals surface area contributed by atoms with Crippen LogP contribution in [0.15, 0.2) is 10.6 Å². The molecule has 0 amide bonds. The quantitative estimate of drug-likeness (QED) is 0.826. The molecule has 0 saturated heterocycles. The third-order valence-corrected chi connectivity index (χ3v) is 3.37. The van der Waals surface area contributed by atoms with E-state index in [1.165, 1.54) is 25.7 Å². The summed E-state index contributed by atoms with van der Waals surface area (Å²) in [4.78, 5) is 0. The van der Waals surface area contributed by atoms with E-state index in [4.69, 9.17) is 4.52 Å². The van der Waals surface area contributed by atoms with Gasteiger partial charge in [0.2, 0.25) is 0 Å². The van der Waals surface area contributed by atoms with Crippen molar-refractivity contribution in [3.05, 3.63) is 17.5 Å². The van der Waals surface area contributed by atoms with Gasteiger partial charge in [-0.25, -0.2) is 0 Å². The fourth-order valence-electron chi connectivity index (χ4n) is 2.38. The van der Waals surface area contributed by atoms with Crippen molar-refractivity contribution < 1.29 is 4.52 Å². The molecule has 2 atom stereocenters. The highest BCUT2D eigenvalue weighted by Gasteiger charge is 2.22. The van der Waals surface area contributed by atoms with Gasteiger partial charge in [-0.15, -0.1) is 0 Å². The van der Waals surface area contributed by atoms with Gasteiger partial charge in [0.05, 0.1) is 5.69 Å². The summed E-state index contributed by atoms with van der Waals surface area (Å²) < 4.78 is 5.03. The normalized spacial score (nSPS) is 26.0. The predicted molar refractivity (Wildman–Crippen MR) is 59.5 cm³/mol. The van der Waals surface area contributed by atoms with E-state index < -0.39 is 0 Å². The molecule has 1 heterocycles. The minimum atomic E-state index is 0.687. The molecule has 1 aliphatic rings. The van der Waals surface area contributed by atoms with E-state index in [9.17, 15) is 0 Å². The number of nitrogens with zero attached hydrogens (tertiary/aromatic N) is 1. The Hall–Kier alpha value is -0.830. The summed E-state index contributed by atoms with van der Waals surface area (Å²) in [5.41, 5.74) is 1.02. The highest BCUT2D eigenvalue weighted by molar-refractivity contribution is 5.03. The first kappa shape index (κ1) is 10.7. The van der Waals surface area contributed by atoms with Gasteiger partial charge in [0.15, 0.2) is 0 Å². The number of hydrogen-bond acceptors (Lipinski definition) is 3. The number of rotatable bonds is 4. The zero-order valence-electron chi connectivity index (χ0n) is 9.62. The van der Waals surface area contributed by atoms with Crippen molar-refractivity contribution in [1.29, 1.82) is 0 Å². The Morgan fingerprint density at radius 2 is 2.40 bits per heavy atom. The maximum Gasteiger partial charge on any atom is 0.133 e. The van der Waals surface area contributed by atoms with Gasteiger partial charge in [-0.3, -0.25) is 0 Å². The van der Waals surface area contributed by atoms with Gasteiger partial charge in [-0.05, 0) is 32.1 Å². The molecule has 2 unspecified atom stereocenters. The lowest BCUT2D eigenvalue weighted by Crippen LogP contribution is -2.25. The molecule has 1 fully saturated rings. The Bertz CT molecular complexity index is 308. The first-order chi connectivity index (χ1) is 7.28. The average Bonchev–Trinajstić information content (AvgIpc) is 2.83. The van der Waals surface area contributed by atoms with Crippen molar-refractivity contribution >= 4 is 0 Å². The second-order valence-electron chi connectivity index (χ2n) is 4.59. The van der Waals surface area contributed by atoms with Crippen LogP contribution in [0.3, 0.4) is 0 Å². The lowest BCUT2D eigenvalue weighted by atomic mass is 10.1. The molecule has 84 valence electrons. The van der Waals surface area contributed by atoms with E-state index in [-0.39, 0.29) is 0 Å². The zero-order chi connectivity index (χ0) is 10.7. The van der Waals surface area contributed by atoms with E-state index in [1.807, 2.05) is 13.0 Å². The van der Waals surface area contributed by atoms with Crippen LogP contribution in [0.5, 0.6) is 0 Å². The standard InChI is InChI=1S/C12H20N2O/c1-3-10-4-5-11(7-10)13-8-12-6-9(2)15-14-12/h6,10-11,13H,3-5,7-8H2,1-2H3. The smallest absolute Gasteiger partial charge is 0.133 e. The van der Waals surface area contributed by atoms with Crippen LogP contribution in [0.4, 0.5) is 0 Å². The van der Waals surface area contributed by atoms with Gasteiger partial charge in [-0.2, -0.15) is 0 Å². The van der Waals surface area contributed by atoms with Crippen molar-refractivity contribution in [2.24, 2.45) is 5.92 Å². The molecule has 2 rings (SSSR count). The van der Waals surface area contributed by atoms with Crippen molar-refractivity contribution in [2.75, 3.05) is 0 Å². The predicted octanol–water partition coefficient (Wildman–Crippen LogP) is 2.65. The molecule has 0 aliphatic heterocycles. The lowest BCUT2D eigenvalue weighted by molar-refractivity contribution is 0.384. The number of aryl methyl sites for hydroxylation is 1. The first-order valence-electron chi connectivity index (χ1n) is 5.93. The molecular formula is C12H20N2O. The largest absolute Gasteiger partial charge is 0.361 e. The second kappa shape index (κ2) is 4.79. The Morgan fingerprint density at radius 1 is 1.53 bits per heavy atom. The van der Waals surface area contributed by atoms with Crippen LogP contribution >= 0.6 is 0 Å². The van der Waals surface area contributed by atoms with Crippen LogP contribution in [0.25, 0.3) is 0 Å². The Kier molecular flexibility index (Phi) is 3.41. The summed E-state index contributed by atoms with van der Waals surface area (Å²) in [6.07, 6.45) is 5.34. The van der Waals surface area contributed by atoms with Gasteiger partial charge in [0.1, 0.15) is 5.76 Å². The summed E-state index contributed by atoms with van der Waals surface area (Å²) in [5, 5.41) is 7.53. The van der Waals surface area contributed by atoms with Crippen molar-refractivity contribution in [1.82, 2.24) is 10.5 Å². The number of aromatic nitrogens is 1. The minimum Gasteiger partial charge on any atom is -0.361 e. The van der Waals surface area contributed by atoms with Crippen molar-refractivity contribution in [3.8, 4) is 0 Å². The summed E-state index contributed by atoms with van der Waals surface area (Å²) in [5.74, 6) is 1.83. The Labute approximate surface area is 91.2 Å². The van der Waals surface area contributed by atoms with Crippen LogP contribution in [0.2, 0.25) is 0 Å². The van der Waals surface area contributed by atoms with Gasteiger partial charge >= 0.3 is 0 Å². The third kappa shape index (κ3) is 2.81. The molecule has 1 aromatic rings. The molecule has 0 bridgehead atoms. The topological polar surface area (TPSA) is 38.1 Å². The highest BCUT2D eigenvalue weighted by atomic mass is 16.5. The zero-order valence-corrected chi connectivity index (χ0v) is 9.62. The molecule has 3 heteroatoms. The SMILES string of the molecule is CCC1CCC(NCc2cc(C)on2)C1. The van der Waals surface area contributed by atoms with Crippen LogP contribution < -0.4 is 5.32 Å². The van der Waals surface area contributed by atoms with Gasteiger partial charge in [0.25, 0.3) is 0 Å². The maximum absolute atomic E-state index is 5.03. The van der Waals surface area contributed by atoms with Gasteiger partial charge in [-0.1, -0.05) is 18.5 Å². The van der Waals surface area contributed by atoms with Crippen LogP contribution in [-0.4, -0.2) is 11.2 Å².